The number of hydrogen-bond donors (Lipinski definition) is 4. The number of nitrogen functional groups attached to an aromatic ring is 1. The topological polar surface area (TPSA) is 148 Å². The number of anilines is 2. The van der Waals surface area contributed by atoms with Crippen molar-refractivity contribution in [3.63, 3.8) is 0 Å². The van der Waals surface area contributed by atoms with E-state index in [4.69, 9.17) is 10.8 Å². The SMILES string of the molecule is CC(O)(CO)CNc1nc(N)nc(-n2cncn2)n1. The molecule has 10 nitrogen and oxygen atoms in total. The second-order valence-electron chi connectivity index (χ2n) is 4.17. The first-order valence-corrected chi connectivity index (χ1v) is 5.44. The van der Waals surface area contributed by atoms with Crippen molar-refractivity contribution >= 4 is 11.9 Å². The van der Waals surface area contributed by atoms with Gasteiger partial charge in [0.05, 0.1) is 6.61 Å². The van der Waals surface area contributed by atoms with Crippen LogP contribution in [0.3, 0.4) is 0 Å². The van der Waals surface area contributed by atoms with Gasteiger partial charge in [-0.25, -0.2) is 4.98 Å². The summed E-state index contributed by atoms with van der Waals surface area (Å²) in [5.41, 5.74) is 4.28. The third-order valence-corrected chi connectivity index (χ3v) is 2.23. The molecule has 0 aliphatic heterocycles. The molecule has 2 rings (SSSR count). The molecule has 1 unspecified atom stereocenters. The highest BCUT2D eigenvalue weighted by Crippen LogP contribution is 2.08. The Balaban J connectivity index is 2.18. The Morgan fingerprint density at radius 3 is 2.84 bits per heavy atom. The highest BCUT2D eigenvalue weighted by Gasteiger charge is 2.19. The van der Waals surface area contributed by atoms with E-state index in [2.05, 4.69) is 30.4 Å². The summed E-state index contributed by atoms with van der Waals surface area (Å²) < 4.78 is 1.33. The summed E-state index contributed by atoms with van der Waals surface area (Å²) >= 11 is 0. The van der Waals surface area contributed by atoms with E-state index < -0.39 is 12.2 Å². The minimum absolute atomic E-state index is 0.00615. The van der Waals surface area contributed by atoms with Crippen LogP contribution in [0.15, 0.2) is 12.7 Å². The van der Waals surface area contributed by atoms with Gasteiger partial charge in [-0.15, -0.1) is 0 Å². The fourth-order valence-corrected chi connectivity index (χ4v) is 1.20. The smallest absolute Gasteiger partial charge is 0.258 e. The van der Waals surface area contributed by atoms with Crippen LogP contribution in [0.1, 0.15) is 6.92 Å². The molecule has 19 heavy (non-hydrogen) atoms. The molecule has 0 aliphatic rings. The quantitative estimate of drug-likeness (QED) is 0.491. The van der Waals surface area contributed by atoms with Crippen LogP contribution in [0.5, 0.6) is 0 Å². The molecule has 2 heterocycles. The van der Waals surface area contributed by atoms with Crippen LogP contribution in [0.4, 0.5) is 11.9 Å². The lowest BCUT2D eigenvalue weighted by atomic mass is 10.1. The molecular weight excluding hydrogens is 252 g/mol. The van der Waals surface area contributed by atoms with Gasteiger partial charge >= 0.3 is 0 Å². The normalized spacial score (nSPS) is 14.1. The van der Waals surface area contributed by atoms with Crippen LogP contribution >= 0.6 is 0 Å². The molecule has 1 atom stereocenters. The summed E-state index contributed by atoms with van der Waals surface area (Å²) in [6.45, 7) is 1.14. The summed E-state index contributed by atoms with van der Waals surface area (Å²) in [6.07, 6.45) is 2.76. The van der Waals surface area contributed by atoms with E-state index in [1.54, 1.807) is 0 Å². The Morgan fingerprint density at radius 2 is 2.21 bits per heavy atom. The first-order valence-electron chi connectivity index (χ1n) is 5.44. The average molecular weight is 266 g/mol. The van der Waals surface area contributed by atoms with Crippen LogP contribution in [-0.4, -0.2) is 58.7 Å². The predicted octanol–water partition coefficient (Wildman–Crippen LogP) is -1.81. The second-order valence-corrected chi connectivity index (χ2v) is 4.17. The molecule has 5 N–H and O–H groups in total. The van der Waals surface area contributed by atoms with Crippen molar-refractivity contribution in [3.05, 3.63) is 12.7 Å². The summed E-state index contributed by atoms with van der Waals surface area (Å²) in [5, 5.41) is 25.2. The van der Waals surface area contributed by atoms with Crippen molar-refractivity contribution in [2.45, 2.75) is 12.5 Å². The van der Waals surface area contributed by atoms with Crippen LogP contribution < -0.4 is 11.1 Å². The van der Waals surface area contributed by atoms with E-state index in [0.717, 1.165) is 0 Å². The van der Waals surface area contributed by atoms with E-state index in [9.17, 15) is 5.11 Å². The summed E-state index contributed by atoms with van der Waals surface area (Å²) in [5.74, 6) is 0.384. The van der Waals surface area contributed by atoms with Crippen molar-refractivity contribution in [2.75, 3.05) is 24.2 Å². The van der Waals surface area contributed by atoms with Crippen molar-refractivity contribution in [2.24, 2.45) is 0 Å². The Kier molecular flexibility index (Phi) is 3.53. The predicted molar refractivity (Wildman–Crippen MR) is 65.4 cm³/mol. The van der Waals surface area contributed by atoms with Crippen LogP contribution in [-0.2, 0) is 0 Å². The Bertz CT molecular complexity index is 541. The van der Waals surface area contributed by atoms with E-state index in [1.165, 1.54) is 24.3 Å². The van der Waals surface area contributed by atoms with Crippen molar-refractivity contribution in [1.82, 2.24) is 29.7 Å². The summed E-state index contributed by atoms with van der Waals surface area (Å²) in [6, 6.07) is 0. The fourth-order valence-electron chi connectivity index (χ4n) is 1.20. The van der Waals surface area contributed by atoms with Gasteiger partial charge in [0.1, 0.15) is 18.3 Å². The van der Waals surface area contributed by atoms with Gasteiger partial charge in [0.2, 0.25) is 11.9 Å². The molecule has 0 aromatic carbocycles. The van der Waals surface area contributed by atoms with Crippen LogP contribution in [0.25, 0.3) is 5.95 Å². The molecule has 0 fully saturated rings. The van der Waals surface area contributed by atoms with E-state index in [-0.39, 0.29) is 24.4 Å². The molecule has 2 aromatic heterocycles. The Morgan fingerprint density at radius 1 is 1.42 bits per heavy atom. The zero-order chi connectivity index (χ0) is 13.9. The molecule has 0 aliphatic carbocycles. The second kappa shape index (κ2) is 5.12. The molecule has 102 valence electrons. The number of nitrogens with one attached hydrogen (secondary N) is 1. The zero-order valence-electron chi connectivity index (χ0n) is 10.2. The number of nitrogens with two attached hydrogens (primary N) is 1. The Labute approximate surface area is 108 Å². The highest BCUT2D eigenvalue weighted by molar-refractivity contribution is 5.34. The van der Waals surface area contributed by atoms with E-state index in [1.807, 2.05) is 0 Å². The minimum Gasteiger partial charge on any atom is -0.393 e. The van der Waals surface area contributed by atoms with Gasteiger partial charge in [0.25, 0.3) is 5.95 Å². The molecule has 0 bridgehead atoms. The molecule has 10 heteroatoms. The molecule has 0 spiro atoms. The first-order chi connectivity index (χ1) is 9.00. The lowest BCUT2D eigenvalue weighted by Crippen LogP contribution is -2.37. The number of rotatable bonds is 5. The first kappa shape index (κ1) is 13.1. The molecular formula is C9H14N8O2. The van der Waals surface area contributed by atoms with Crippen molar-refractivity contribution in [3.8, 4) is 5.95 Å². The zero-order valence-corrected chi connectivity index (χ0v) is 10.2. The Hall–Kier alpha value is -2.33. The van der Waals surface area contributed by atoms with Gasteiger partial charge in [0.15, 0.2) is 0 Å². The largest absolute Gasteiger partial charge is 0.393 e. The van der Waals surface area contributed by atoms with Crippen molar-refractivity contribution < 1.29 is 10.2 Å². The maximum Gasteiger partial charge on any atom is 0.258 e. The van der Waals surface area contributed by atoms with Gasteiger partial charge in [0, 0.05) is 6.54 Å². The third-order valence-electron chi connectivity index (χ3n) is 2.23. The number of aliphatic hydroxyl groups is 2. The molecule has 0 radical (unpaired) electrons. The third kappa shape index (κ3) is 3.33. The van der Waals surface area contributed by atoms with Gasteiger partial charge in [-0.3, -0.25) is 0 Å². The van der Waals surface area contributed by atoms with E-state index in [0.29, 0.717) is 0 Å². The summed E-state index contributed by atoms with van der Waals surface area (Å²) in [4.78, 5) is 15.6. The lowest BCUT2D eigenvalue weighted by Gasteiger charge is -2.20. The van der Waals surface area contributed by atoms with Crippen LogP contribution in [0.2, 0.25) is 0 Å². The highest BCUT2D eigenvalue weighted by atomic mass is 16.3. The van der Waals surface area contributed by atoms with Gasteiger partial charge < -0.3 is 21.3 Å². The summed E-state index contributed by atoms with van der Waals surface area (Å²) in [7, 11) is 0. The standard InChI is InChI=1S/C9H14N8O2/c1-9(19,3-18)2-12-7-14-6(10)15-8(16-7)17-5-11-4-13-17/h4-5,18-19H,2-3H2,1H3,(H3,10,12,14,15,16). The average Bonchev–Trinajstić information content (AvgIpc) is 2.90. The van der Waals surface area contributed by atoms with Gasteiger partial charge in [-0.1, -0.05) is 0 Å². The van der Waals surface area contributed by atoms with E-state index >= 15 is 0 Å². The van der Waals surface area contributed by atoms with Gasteiger partial charge in [-0.2, -0.15) is 24.7 Å². The number of nitrogens with zero attached hydrogens (tertiary/aromatic N) is 6. The molecule has 0 amide bonds. The molecule has 0 saturated heterocycles. The maximum atomic E-state index is 9.66. The monoisotopic (exact) mass is 266 g/mol. The molecule has 0 saturated carbocycles. The van der Waals surface area contributed by atoms with Crippen molar-refractivity contribution in [1.29, 1.82) is 0 Å². The van der Waals surface area contributed by atoms with Crippen LogP contribution in [0, 0.1) is 0 Å². The minimum atomic E-state index is -1.28. The van der Waals surface area contributed by atoms with Gasteiger partial charge in [-0.05, 0) is 6.92 Å². The number of aliphatic hydroxyl groups excluding tert-OH is 1. The maximum absolute atomic E-state index is 9.66. The number of aromatic nitrogens is 6. The number of hydrogen-bond acceptors (Lipinski definition) is 9. The lowest BCUT2D eigenvalue weighted by molar-refractivity contribution is 0.0131. The fraction of sp³-hybridized carbons (Fsp3) is 0.444. The molecule has 2 aromatic rings.